The van der Waals surface area contributed by atoms with Crippen LogP contribution in [0, 0.1) is 0 Å². The van der Waals surface area contributed by atoms with Gasteiger partial charge in [-0.2, -0.15) is 0 Å². The quantitative estimate of drug-likeness (QED) is 0.421. The van der Waals surface area contributed by atoms with Crippen LogP contribution in [0.4, 0.5) is 10.7 Å². The van der Waals surface area contributed by atoms with Crippen LogP contribution in [0.1, 0.15) is 46.7 Å². The number of anilines is 1. The van der Waals surface area contributed by atoms with Gasteiger partial charge in [-0.1, -0.05) is 13.8 Å². The van der Waals surface area contributed by atoms with Gasteiger partial charge in [0.15, 0.2) is 0 Å². The molecule has 31 heavy (non-hydrogen) atoms. The molecule has 0 saturated carbocycles. The molecule has 2 aliphatic heterocycles. The van der Waals surface area contributed by atoms with Crippen molar-refractivity contribution in [1.29, 1.82) is 0 Å². The Balaban J connectivity index is 0.000000521. The van der Waals surface area contributed by atoms with Crippen LogP contribution in [-0.2, 0) is 14.3 Å². The van der Waals surface area contributed by atoms with Crippen molar-refractivity contribution in [2.45, 2.75) is 52.7 Å². The molecular formula is C21H34N6O4. The van der Waals surface area contributed by atoms with Crippen molar-refractivity contribution in [2.24, 2.45) is 0 Å². The zero-order valence-electron chi connectivity index (χ0n) is 19.4. The predicted molar refractivity (Wildman–Crippen MR) is 119 cm³/mol. The molecule has 1 atom stereocenters. The van der Waals surface area contributed by atoms with E-state index in [9.17, 15) is 14.4 Å². The van der Waals surface area contributed by atoms with E-state index in [1.165, 1.54) is 11.9 Å². The number of ether oxygens (including phenoxy) is 1. The van der Waals surface area contributed by atoms with Crippen molar-refractivity contribution in [3.63, 3.8) is 0 Å². The first-order chi connectivity index (χ1) is 14.6. The fourth-order valence-corrected chi connectivity index (χ4v) is 2.58. The number of carbonyl (C=O) groups is 3. The average Bonchev–Trinajstić information content (AvgIpc) is 3.30. The maximum absolute atomic E-state index is 11.7. The third-order valence-electron chi connectivity index (χ3n) is 4.46. The minimum atomic E-state index is -0.460. The molecule has 1 aromatic heterocycles. The highest BCUT2D eigenvalue weighted by atomic mass is 16.5. The van der Waals surface area contributed by atoms with Gasteiger partial charge in [-0.25, -0.2) is 14.8 Å². The number of imide groups is 1. The summed E-state index contributed by atoms with van der Waals surface area (Å²) in [5.41, 5.74) is 0.815. The number of aromatic nitrogens is 2. The molecule has 3 rings (SSSR count). The Labute approximate surface area is 184 Å². The number of rotatable bonds is 4. The Morgan fingerprint density at radius 3 is 2.45 bits per heavy atom. The molecule has 0 aliphatic carbocycles. The molecule has 2 saturated heterocycles. The third-order valence-corrected chi connectivity index (χ3v) is 4.46. The van der Waals surface area contributed by atoms with Gasteiger partial charge in [-0.05, 0) is 39.3 Å². The second-order valence-corrected chi connectivity index (χ2v) is 7.66. The first-order valence-corrected chi connectivity index (χ1v) is 10.3. The first-order valence-electron chi connectivity index (χ1n) is 10.3. The van der Waals surface area contributed by atoms with E-state index in [-0.39, 0.29) is 17.3 Å². The number of nitrogens with one attached hydrogen (secondary N) is 2. The highest BCUT2D eigenvalue weighted by molar-refractivity contribution is 6.13. The van der Waals surface area contributed by atoms with Crippen molar-refractivity contribution < 1.29 is 19.1 Å². The summed E-state index contributed by atoms with van der Waals surface area (Å²) in [5.74, 6) is 0.0796. The predicted octanol–water partition coefficient (Wildman–Crippen LogP) is 1.78. The highest BCUT2D eigenvalue weighted by Crippen LogP contribution is 2.18. The van der Waals surface area contributed by atoms with E-state index in [1.54, 1.807) is 25.4 Å². The minimum absolute atomic E-state index is 0.0417. The summed E-state index contributed by atoms with van der Waals surface area (Å²) in [6.45, 7) is 11.4. The monoisotopic (exact) mass is 434 g/mol. The van der Waals surface area contributed by atoms with Gasteiger partial charge < -0.3 is 15.0 Å². The lowest BCUT2D eigenvalue weighted by atomic mass is 10.2. The number of hydrogen-bond acceptors (Lipinski definition) is 7. The van der Waals surface area contributed by atoms with Crippen LogP contribution < -0.4 is 15.5 Å². The van der Waals surface area contributed by atoms with Gasteiger partial charge in [0, 0.05) is 39.5 Å². The number of amides is 4. The van der Waals surface area contributed by atoms with Gasteiger partial charge >= 0.3 is 6.03 Å². The van der Waals surface area contributed by atoms with Crippen LogP contribution in [0.5, 0.6) is 0 Å². The zero-order valence-corrected chi connectivity index (χ0v) is 19.4. The molecule has 1 unspecified atom stereocenters. The summed E-state index contributed by atoms with van der Waals surface area (Å²) in [4.78, 5) is 45.5. The van der Waals surface area contributed by atoms with Gasteiger partial charge in [0.1, 0.15) is 5.70 Å². The number of carbonyl (C=O) groups excluding carboxylic acids is 3. The molecule has 2 fully saturated rings. The lowest BCUT2D eigenvalue weighted by molar-refractivity contribution is -0.116. The van der Waals surface area contributed by atoms with Crippen molar-refractivity contribution in [2.75, 3.05) is 32.1 Å². The van der Waals surface area contributed by atoms with Crippen molar-refractivity contribution in [1.82, 2.24) is 25.5 Å². The van der Waals surface area contributed by atoms with E-state index < -0.39 is 11.9 Å². The normalized spacial score (nSPS) is 19.3. The fraction of sp³-hybridized carbons (Fsp3) is 0.571. The van der Waals surface area contributed by atoms with Crippen LogP contribution in [0.25, 0.3) is 6.08 Å². The van der Waals surface area contributed by atoms with E-state index in [0.29, 0.717) is 24.6 Å². The van der Waals surface area contributed by atoms with E-state index in [2.05, 4.69) is 20.6 Å². The van der Waals surface area contributed by atoms with Crippen LogP contribution in [0.15, 0.2) is 18.0 Å². The molecule has 2 aliphatic rings. The Morgan fingerprint density at radius 1 is 1.29 bits per heavy atom. The summed E-state index contributed by atoms with van der Waals surface area (Å²) >= 11 is 0. The SMILES string of the molecule is CC.CN1C(=O)NC(=O)/C1=C/c1ccnc(N2CCC(NC=O)C2)n1.COC(C)(C)C. The Bertz CT molecular complexity index is 790. The van der Waals surface area contributed by atoms with Gasteiger partial charge in [0.2, 0.25) is 12.4 Å². The maximum Gasteiger partial charge on any atom is 0.328 e. The van der Waals surface area contributed by atoms with E-state index in [1.807, 2.05) is 39.5 Å². The van der Waals surface area contributed by atoms with Gasteiger partial charge in [-0.3, -0.25) is 19.8 Å². The third kappa shape index (κ3) is 7.97. The lowest BCUT2D eigenvalue weighted by Gasteiger charge is -2.16. The molecule has 2 N–H and O–H groups in total. The molecule has 0 radical (unpaired) electrons. The zero-order chi connectivity index (χ0) is 23.6. The maximum atomic E-state index is 11.7. The number of nitrogens with zero attached hydrogens (tertiary/aromatic N) is 4. The molecule has 4 amide bonds. The van der Waals surface area contributed by atoms with E-state index in [4.69, 9.17) is 4.74 Å². The highest BCUT2D eigenvalue weighted by Gasteiger charge is 2.30. The van der Waals surface area contributed by atoms with Gasteiger partial charge in [-0.15, -0.1) is 0 Å². The molecule has 0 spiro atoms. The number of urea groups is 1. The largest absolute Gasteiger partial charge is 0.379 e. The second kappa shape index (κ2) is 12.0. The Kier molecular flexibility index (Phi) is 10.1. The number of methoxy groups -OCH3 is 1. The number of hydrogen-bond donors (Lipinski definition) is 2. The molecule has 3 heterocycles. The van der Waals surface area contributed by atoms with E-state index >= 15 is 0 Å². The summed E-state index contributed by atoms with van der Waals surface area (Å²) in [6, 6.07) is 1.29. The van der Waals surface area contributed by atoms with Crippen molar-refractivity contribution in [3.05, 3.63) is 23.7 Å². The number of likely N-dealkylation sites (N-methyl/N-ethyl adjacent to an activating group) is 1. The minimum Gasteiger partial charge on any atom is -0.379 e. The molecular weight excluding hydrogens is 400 g/mol. The summed E-state index contributed by atoms with van der Waals surface area (Å²) in [6.07, 6.45) is 4.67. The van der Waals surface area contributed by atoms with Crippen LogP contribution >= 0.6 is 0 Å². The van der Waals surface area contributed by atoms with Crippen molar-refractivity contribution in [3.8, 4) is 0 Å². The molecule has 10 heteroatoms. The fourth-order valence-electron chi connectivity index (χ4n) is 2.58. The summed E-state index contributed by atoms with van der Waals surface area (Å²) < 4.78 is 4.94. The summed E-state index contributed by atoms with van der Waals surface area (Å²) in [7, 11) is 3.23. The van der Waals surface area contributed by atoms with Crippen LogP contribution in [-0.4, -0.2) is 72.1 Å². The van der Waals surface area contributed by atoms with Gasteiger partial charge in [0.05, 0.1) is 11.3 Å². The first kappa shape index (κ1) is 26.0. The van der Waals surface area contributed by atoms with Gasteiger partial charge in [0.25, 0.3) is 5.91 Å². The molecule has 172 valence electrons. The van der Waals surface area contributed by atoms with Crippen molar-refractivity contribution >= 4 is 30.4 Å². The topological polar surface area (TPSA) is 117 Å². The molecule has 0 bridgehead atoms. The summed E-state index contributed by atoms with van der Waals surface area (Å²) in [5, 5.41) is 4.96. The molecule has 0 aromatic carbocycles. The average molecular weight is 435 g/mol. The van der Waals surface area contributed by atoms with E-state index in [0.717, 1.165) is 13.0 Å². The van der Waals surface area contributed by atoms with Crippen LogP contribution in [0.3, 0.4) is 0 Å². The smallest absolute Gasteiger partial charge is 0.328 e. The molecule has 1 aromatic rings. The lowest BCUT2D eigenvalue weighted by Crippen LogP contribution is -2.32. The standard InChI is InChI=1S/C14H16N6O3.C5H12O.C2H6/c1-19-11(12(22)18-14(19)23)6-9-2-4-15-13(17-9)20-5-3-10(7-20)16-8-21;1-5(2,3)6-4;1-2/h2,4,6,8,10H,3,5,7H2,1H3,(H,16,21)(H,18,22,23);1-4H3;1-2H3/b11-6-;;. The van der Waals surface area contributed by atoms with Crippen LogP contribution in [0.2, 0.25) is 0 Å². The Morgan fingerprint density at radius 2 is 1.94 bits per heavy atom. The molecule has 10 nitrogen and oxygen atoms in total. The second-order valence-electron chi connectivity index (χ2n) is 7.66. The Hall–Kier alpha value is -3.01.